The maximum Gasteiger partial charge on any atom is 0.240 e. The molecule has 0 unspecified atom stereocenters. The number of nitrogens with one attached hydrogen (secondary N) is 2. The van der Waals surface area contributed by atoms with Crippen LogP contribution in [0.2, 0.25) is 0 Å². The first-order chi connectivity index (χ1) is 9.44. The summed E-state index contributed by atoms with van der Waals surface area (Å²) < 4.78 is 26.0. The fourth-order valence-electron chi connectivity index (χ4n) is 2.11. The van der Waals surface area contributed by atoms with Gasteiger partial charge in [-0.25, -0.2) is 13.1 Å². The Labute approximate surface area is 123 Å². The summed E-state index contributed by atoms with van der Waals surface area (Å²) in [6.07, 6.45) is 2.31. The lowest BCUT2D eigenvalue weighted by Crippen LogP contribution is -2.25. The highest BCUT2D eigenvalue weighted by molar-refractivity contribution is 7.89. The quantitative estimate of drug-likeness (QED) is 0.776. The highest BCUT2D eigenvalue weighted by Crippen LogP contribution is 2.18. The van der Waals surface area contributed by atoms with Crippen molar-refractivity contribution >= 4 is 10.0 Å². The van der Waals surface area contributed by atoms with Gasteiger partial charge < -0.3 is 5.32 Å². The topological polar surface area (TPSA) is 58.2 Å². The van der Waals surface area contributed by atoms with E-state index in [1.807, 2.05) is 6.07 Å². The molecule has 0 aliphatic rings. The summed E-state index contributed by atoms with van der Waals surface area (Å²) in [5.74, 6) is 0.668. The molecule has 0 saturated heterocycles. The van der Waals surface area contributed by atoms with Gasteiger partial charge in [-0.1, -0.05) is 38.8 Å². The van der Waals surface area contributed by atoms with Gasteiger partial charge in [-0.05, 0) is 44.1 Å². The molecular weight excluding hydrogens is 272 g/mol. The first-order valence-electron chi connectivity index (χ1n) is 7.21. The minimum absolute atomic E-state index is 0.141. The van der Waals surface area contributed by atoms with Gasteiger partial charge in [0.15, 0.2) is 0 Å². The third-order valence-electron chi connectivity index (χ3n) is 3.80. The summed E-state index contributed by atoms with van der Waals surface area (Å²) in [4.78, 5) is 0.314. The van der Waals surface area contributed by atoms with E-state index in [1.54, 1.807) is 18.2 Å². The second kappa shape index (κ2) is 7.76. The molecule has 0 saturated carbocycles. The Morgan fingerprint density at radius 2 is 1.85 bits per heavy atom. The predicted molar refractivity (Wildman–Crippen MR) is 83.2 cm³/mol. The minimum atomic E-state index is -3.37. The van der Waals surface area contributed by atoms with Crippen molar-refractivity contribution in [1.29, 1.82) is 0 Å². The van der Waals surface area contributed by atoms with Crippen molar-refractivity contribution in [1.82, 2.24) is 10.0 Å². The molecule has 20 heavy (non-hydrogen) atoms. The van der Waals surface area contributed by atoms with Crippen molar-refractivity contribution in [2.75, 3.05) is 13.6 Å². The van der Waals surface area contributed by atoms with Gasteiger partial charge >= 0.3 is 0 Å². The normalized spacial score (nSPS) is 13.7. The molecular formula is C15H26N2O2S. The van der Waals surface area contributed by atoms with E-state index in [1.165, 1.54) is 7.05 Å². The Bertz CT molecular complexity index is 510. The van der Waals surface area contributed by atoms with Crippen LogP contribution in [0.4, 0.5) is 0 Å². The van der Waals surface area contributed by atoms with Crippen LogP contribution in [0.25, 0.3) is 0 Å². The van der Waals surface area contributed by atoms with Crippen molar-refractivity contribution in [2.45, 2.75) is 44.6 Å². The standard InChI is InChI=1S/C15H26N2O2S/c1-5-13(6-2)11-17-12(3)14-8-7-9-15(10-14)20(18,19)16-4/h7-10,12-13,16-17H,5-6,11H2,1-4H3/t12-/m0/s1. The van der Waals surface area contributed by atoms with Crippen LogP contribution in [0.1, 0.15) is 45.2 Å². The number of hydrogen-bond donors (Lipinski definition) is 2. The molecule has 0 bridgehead atoms. The second-order valence-corrected chi connectivity index (χ2v) is 6.98. The van der Waals surface area contributed by atoms with E-state index in [-0.39, 0.29) is 6.04 Å². The van der Waals surface area contributed by atoms with Gasteiger partial charge in [0.25, 0.3) is 0 Å². The zero-order valence-corrected chi connectivity index (χ0v) is 13.6. The van der Waals surface area contributed by atoms with E-state index in [0.717, 1.165) is 24.9 Å². The van der Waals surface area contributed by atoms with Crippen molar-refractivity contribution in [3.05, 3.63) is 29.8 Å². The lowest BCUT2D eigenvalue weighted by Gasteiger charge is -2.19. The first-order valence-corrected chi connectivity index (χ1v) is 8.69. The van der Waals surface area contributed by atoms with Crippen molar-refractivity contribution in [3.8, 4) is 0 Å². The van der Waals surface area contributed by atoms with Crippen molar-refractivity contribution in [3.63, 3.8) is 0 Å². The lowest BCUT2D eigenvalue weighted by atomic mass is 10.0. The van der Waals surface area contributed by atoms with Crippen LogP contribution < -0.4 is 10.0 Å². The second-order valence-electron chi connectivity index (χ2n) is 5.09. The number of hydrogen-bond acceptors (Lipinski definition) is 3. The van der Waals surface area contributed by atoms with E-state index >= 15 is 0 Å². The Morgan fingerprint density at radius 1 is 1.20 bits per heavy atom. The number of sulfonamides is 1. The van der Waals surface area contributed by atoms with Gasteiger partial charge in [0, 0.05) is 6.04 Å². The Morgan fingerprint density at radius 3 is 2.40 bits per heavy atom. The summed E-state index contributed by atoms with van der Waals surface area (Å²) in [6.45, 7) is 7.41. The van der Waals surface area contributed by atoms with Gasteiger partial charge in [0.2, 0.25) is 10.0 Å². The highest BCUT2D eigenvalue weighted by atomic mass is 32.2. The van der Waals surface area contributed by atoms with E-state index in [4.69, 9.17) is 0 Å². The van der Waals surface area contributed by atoms with Crippen LogP contribution in [0.3, 0.4) is 0 Å². The fraction of sp³-hybridized carbons (Fsp3) is 0.600. The van der Waals surface area contributed by atoms with Crippen LogP contribution >= 0.6 is 0 Å². The maximum atomic E-state index is 11.8. The van der Waals surface area contributed by atoms with E-state index in [9.17, 15) is 8.42 Å². The molecule has 2 N–H and O–H groups in total. The molecule has 0 amide bonds. The molecule has 0 heterocycles. The fourth-order valence-corrected chi connectivity index (χ4v) is 2.89. The van der Waals surface area contributed by atoms with Gasteiger partial charge in [-0.2, -0.15) is 0 Å². The molecule has 1 aromatic carbocycles. The van der Waals surface area contributed by atoms with Crippen molar-refractivity contribution in [2.24, 2.45) is 5.92 Å². The zero-order valence-electron chi connectivity index (χ0n) is 12.8. The third kappa shape index (κ3) is 4.58. The summed E-state index contributed by atoms with van der Waals surface area (Å²) in [7, 11) is -1.95. The summed E-state index contributed by atoms with van der Waals surface area (Å²) >= 11 is 0. The molecule has 1 aromatic rings. The monoisotopic (exact) mass is 298 g/mol. The van der Waals surface area contributed by atoms with Gasteiger partial charge in [0.05, 0.1) is 4.90 Å². The Kier molecular flexibility index (Phi) is 6.65. The van der Waals surface area contributed by atoms with Crippen LogP contribution in [0, 0.1) is 5.92 Å². The summed E-state index contributed by atoms with van der Waals surface area (Å²) in [6, 6.07) is 7.23. The minimum Gasteiger partial charge on any atom is -0.310 e. The first kappa shape index (κ1) is 17.1. The number of benzene rings is 1. The van der Waals surface area contributed by atoms with E-state index in [0.29, 0.717) is 10.8 Å². The number of rotatable bonds is 8. The SMILES string of the molecule is CCC(CC)CN[C@@H](C)c1cccc(S(=O)(=O)NC)c1. The lowest BCUT2D eigenvalue weighted by molar-refractivity contribution is 0.422. The van der Waals surface area contributed by atoms with Gasteiger partial charge in [-0.3, -0.25) is 0 Å². The van der Waals surface area contributed by atoms with Gasteiger partial charge in [-0.15, -0.1) is 0 Å². The van der Waals surface area contributed by atoms with Crippen LogP contribution in [0.15, 0.2) is 29.2 Å². The summed E-state index contributed by atoms with van der Waals surface area (Å²) in [5, 5.41) is 3.48. The van der Waals surface area contributed by atoms with E-state index < -0.39 is 10.0 Å². The smallest absolute Gasteiger partial charge is 0.240 e. The summed E-state index contributed by atoms with van der Waals surface area (Å²) in [5.41, 5.74) is 0.993. The van der Waals surface area contributed by atoms with Crippen LogP contribution in [0.5, 0.6) is 0 Å². The molecule has 4 nitrogen and oxygen atoms in total. The molecule has 0 spiro atoms. The molecule has 0 aliphatic heterocycles. The largest absolute Gasteiger partial charge is 0.310 e. The van der Waals surface area contributed by atoms with Crippen molar-refractivity contribution < 1.29 is 8.42 Å². The predicted octanol–water partition coefficient (Wildman–Crippen LogP) is 2.68. The zero-order chi connectivity index (χ0) is 15.2. The maximum absolute atomic E-state index is 11.8. The van der Waals surface area contributed by atoms with Gasteiger partial charge in [0.1, 0.15) is 0 Å². The van der Waals surface area contributed by atoms with E-state index in [2.05, 4.69) is 30.8 Å². The highest BCUT2D eigenvalue weighted by Gasteiger charge is 2.14. The Balaban J connectivity index is 2.79. The molecule has 5 heteroatoms. The molecule has 0 aliphatic carbocycles. The third-order valence-corrected chi connectivity index (χ3v) is 5.22. The Hall–Kier alpha value is -0.910. The molecule has 114 valence electrons. The van der Waals surface area contributed by atoms with Crippen LogP contribution in [-0.4, -0.2) is 22.0 Å². The molecule has 1 rings (SSSR count). The molecule has 0 radical (unpaired) electrons. The molecule has 0 fully saturated rings. The average Bonchev–Trinajstić information content (AvgIpc) is 2.48. The molecule has 1 atom stereocenters. The van der Waals surface area contributed by atoms with Crippen LogP contribution in [-0.2, 0) is 10.0 Å². The average molecular weight is 298 g/mol. The molecule has 0 aromatic heterocycles.